The van der Waals surface area contributed by atoms with Crippen molar-refractivity contribution >= 4 is 39.0 Å². The first-order chi connectivity index (χ1) is 28.7. The predicted molar refractivity (Wildman–Crippen MR) is 241 cm³/mol. The number of anilines is 3. The van der Waals surface area contributed by atoms with Gasteiger partial charge in [0, 0.05) is 33.3 Å². The van der Waals surface area contributed by atoms with Crippen LogP contribution in [-0.2, 0) is 5.41 Å². The van der Waals surface area contributed by atoms with Crippen LogP contribution < -0.4 is 4.90 Å². The van der Waals surface area contributed by atoms with Crippen LogP contribution in [0.25, 0.3) is 55.3 Å². The average molecular weight is 742 g/mol. The molecule has 0 unspecified atom stereocenters. The molecular weight excluding hydrogens is 703 g/mol. The van der Waals surface area contributed by atoms with Gasteiger partial charge in [-0.15, -0.1) is 0 Å². The van der Waals surface area contributed by atoms with Crippen LogP contribution in [0.15, 0.2) is 223 Å². The maximum atomic E-state index is 6.48. The molecule has 58 heavy (non-hydrogen) atoms. The van der Waals surface area contributed by atoms with E-state index >= 15 is 0 Å². The van der Waals surface area contributed by atoms with Gasteiger partial charge in [0.15, 0.2) is 0 Å². The molecule has 11 rings (SSSR count). The molecule has 2 nitrogen and oxygen atoms in total. The number of rotatable bonds is 7. The second-order valence-corrected chi connectivity index (χ2v) is 15.3. The number of furan rings is 1. The lowest BCUT2D eigenvalue weighted by Crippen LogP contribution is -2.29. The summed E-state index contributed by atoms with van der Waals surface area (Å²) in [6.07, 6.45) is 0. The summed E-state index contributed by atoms with van der Waals surface area (Å²) >= 11 is 0. The number of hydrogen-bond donors (Lipinski definition) is 0. The molecule has 0 bridgehead atoms. The zero-order valence-electron chi connectivity index (χ0n) is 32.1. The lowest BCUT2D eigenvalue weighted by atomic mass is 9.67. The molecule has 0 spiro atoms. The Morgan fingerprint density at radius 2 is 0.948 bits per heavy atom. The van der Waals surface area contributed by atoms with Gasteiger partial charge < -0.3 is 9.32 Å². The maximum Gasteiger partial charge on any atom is 0.143 e. The number of fused-ring (bicyclic) bond motifs is 6. The van der Waals surface area contributed by atoms with E-state index in [-0.39, 0.29) is 0 Å². The number of nitrogens with zero attached hydrogens (tertiary/aromatic N) is 1. The highest BCUT2D eigenvalue weighted by atomic mass is 16.3. The molecule has 1 aliphatic rings. The third kappa shape index (κ3) is 5.26. The molecule has 0 atom stereocenters. The second kappa shape index (κ2) is 13.7. The predicted octanol–water partition coefficient (Wildman–Crippen LogP) is 15.1. The molecule has 0 saturated carbocycles. The molecule has 0 N–H and O–H groups in total. The Labute approximate surface area is 338 Å². The van der Waals surface area contributed by atoms with E-state index in [1.165, 1.54) is 44.5 Å². The van der Waals surface area contributed by atoms with E-state index < -0.39 is 5.41 Å². The van der Waals surface area contributed by atoms with E-state index in [0.717, 1.165) is 55.7 Å². The molecule has 0 radical (unpaired) electrons. The number of para-hydroxylation sites is 3. The van der Waals surface area contributed by atoms with Crippen LogP contribution in [0, 0.1) is 6.92 Å². The van der Waals surface area contributed by atoms with E-state index in [1.54, 1.807) is 0 Å². The van der Waals surface area contributed by atoms with Crippen molar-refractivity contribution < 1.29 is 4.42 Å². The maximum absolute atomic E-state index is 6.48. The summed E-state index contributed by atoms with van der Waals surface area (Å²) in [5.41, 5.74) is 18.0. The van der Waals surface area contributed by atoms with Gasteiger partial charge in [0.05, 0.1) is 11.1 Å². The first-order valence-corrected chi connectivity index (χ1v) is 20.0. The van der Waals surface area contributed by atoms with Gasteiger partial charge in [-0.05, 0) is 87.8 Å². The molecule has 0 amide bonds. The van der Waals surface area contributed by atoms with Crippen LogP contribution in [0.2, 0.25) is 0 Å². The molecule has 0 fully saturated rings. The summed E-state index contributed by atoms with van der Waals surface area (Å²) < 4.78 is 6.48. The van der Waals surface area contributed by atoms with Gasteiger partial charge >= 0.3 is 0 Å². The molecule has 0 aliphatic heterocycles. The number of aryl methyl sites for hydroxylation is 1. The van der Waals surface area contributed by atoms with Crippen LogP contribution in [0.5, 0.6) is 0 Å². The third-order valence-corrected chi connectivity index (χ3v) is 12.0. The Bertz CT molecular complexity index is 3070. The summed E-state index contributed by atoms with van der Waals surface area (Å²) in [6.45, 7) is 2.20. The van der Waals surface area contributed by atoms with Gasteiger partial charge in [-0.25, -0.2) is 0 Å². The molecule has 2 heteroatoms. The second-order valence-electron chi connectivity index (χ2n) is 15.3. The fourth-order valence-electron chi connectivity index (χ4n) is 9.45. The molecule has 9 aromatic carbocycles. The van der Waals surface area contributed by atoms with Crippen molar-refractivity contribution in [1.82, 2.24) is 0 Å². The lowest BCUT2D eigenvalue weighted by Gasteiger charge is -2.35. The topological polar surface area (TPSA) is 16.4 Å². The first-order valence-electron chi connectivity index (χ1n) is 20.0. The number of hydrogen-bond acceptors (Lipinski definition) is 2. The highest BCUT2D eigenvalue weighted by Crippen LogP contribution is 2.57. The smallest absolute Gasteiger partial charge is 0.143 e. The molecule has 274 valence electrons. The van der Waals surface area contributed by atoms with Gasteiger partial charge in [-0.1, -0.05) is 188 Å². The van der Waals surface area contributed by atoms with Gasteiger partial charge in [-0.3, -0.25) is 0 Å². The Hall–Kier alpha value is -7.42. The molecule has 1 aromatic heterocycles. The minimum Gasteiger partial charge on any atom is -0.455 e. The van der Waals surface area contributed by atoms with Crippen LogP contribution in [0.3, 0.4) is 0 Å². The summed E-state index contributed by atoms with van der Waals surface area (Å²) in [5, 5.41) is 2.26. The average Bonchev–Trinajstić information content (AvgIpc) is 3.81. The van der Waals surface area contributed by atoms with Crippen molar-refractivity contribution in [1.29, 1.82) is 0 Å². The van der Waals surface area contributed by atoms with Crippen molar-refractivity contribution in [3.63, 3.8) is 0 Å². The van der Waals surface area contributed by atoms with E-state index in [0.29, 0.717) is 0 Å². The SMILES string of the molecule is Cc1ccc2c(c1)C(c1ccccc1)(c1ccccc1)c1cc(N(c3ccc(-c4cccc5c4oc4ccccc45)cc3)c3ccccc3-c3ccccc3)ccc1-2. The van der Waals surface area contributed by atoms with Crippen LogP contribution >= 0.6 is 0 Å². The largest absolute Gasteiger partial charge is 0.455 e. The van der Waals surface area contributed by atoms with Crippen molar-refractivity contribution in [2.45, 2.75) is 12.3 Å². The van der Waals surface area contributed by atoms with Gasteiger partial charge in [0.25, 0.3) is 0 Å². The van der Waals surface area contributed by atoms with Crippen LogP contribution in [0.4, 0.5) is 17.1 Å². The highest BCUT2D eigenvalue weighted by molar-refractivity contribution is 6.09. The Morgan fingerprint density at radius 1 is 0.397 bits per heavy atom. The van der Waals surface area contributed by atoms with E-state index in [2.05, 4.69) is 218 Å². The highest BCUT2D eigenvalue weighted by Gasteiger charge is 2.46. The third-order valence-electron chi connectivity index (χ3n) is 12.0. The molecular formula is C56H39NO. The van der Waals surface area contributed by atoms with Crippen molar-refractivity contribution in [2.75, 3.05) is 4.90 Å². The van der Waals surface area contributed by atoms with Crippen LogP contribution in [-0.4, -0.2) is 0 Å². The quantitative estimate of drug-likeness (QED) is 0.162. The van der Waals surface area contributed by atoms with Gasteiger partial charge in [0.2, 0.25) is 0 Å². The minimum atomic E-state index is -0.519. The summed E-state index contributed by atoms with van der Waals surface area (Å²) in [5.74, 6) is 0. The molecule has 1 aliphatic carbocycles. The zero-order valence-corrected chi connectivity index (χ0v) is 32.1. The molecule has 0 saturated heterocycles. The summed E-state index contributed by atoms with van der Waals surface area (Å²) in [4.78, 5) is 2.43. The van der Waals surface area contributed by atoms with E-state index in [9.17, 15) is 0 Å². The van der Waals surface area contributed by atoms with E-state index in [4.69, 9.17) is 4.42 Å². The molecule has 1 heterocycles. The zero-order chi connectivity index (χ0) is 38.6. The summed E-state index contributed by atoms with van der Waals surface area (Å²) in [7, 11) is 0. The molecule has 10 aromatic rings. The van der Waals surface area contributed by atoms with Gasteiger partial charge in [0.1, 0.15) is 11.2 Å². The van der Waals surface area contributed by atoms with Crippen molar-refractivity contribution in [3.05, 3.63) is 246 Å². The first kappa shape index (κ1) is 33.9. The van der Waals surface area contributed by atoms with Gasteiger partial charge in [-0.2, -0.15) is 0 Å². The fourth-order valence-corrected chi connectivity index (χ4v) is 9.45. The summed E-state index contributed by atoms with van der Waals surface area (Å²) in [6, 6.07) is 79.4. The Balaban J connectivity index is 1.14. The van der Waals surface area contributed by atoms with Crippen molar-refractivity contribution in [2.24, 2.45) is 0 Å². The fraction of sp³-hybridized carbons (Fsp3) is 0.0357. The monoisotopic (exact) mass is 741 g/mol. The minimum absolute atomic E-state index is 0.519. The van der Waals surface area contributed by atoms with Crippen molar-refractivity contribution in [3.8, 4) is 33.4 Å². The Morgan fingerprint density at radius 3 is 1.69 bits per heavy atom. The Kier molecular flexibility index (Phi) is 7.97. The normalized spacial score (nSPS) is 12.7. The lowest BCUT2D eigenvalue weighted by molar-refractivity contribution is 0.670. The van der Waals surface area contributed by atoms with Crippen LogP contribution in [0.1, 0.15) is 27.8 Å². The standard InChI is InChI=1S/C56H39NO/c1-38-28-34-47-48-35-33-44(37-52(48)56(51(47)36-38,41-18-7-3-8-19-41)42-20-9-4-10-21-42)57(53-26-13-11-22-45(53)39-16-5-2-6-17-39)43-31-29-40(30-32-43)46-24-15-25-50-49-23-12-14-27-54(49)58-55(46)50/h2-37H,1H3. The number of benzene rings is 9. The van der Waals surface area contributed by atoms with E-state index in [1.807, 2.05) is 12.1 Å².